The van der Waals surface area contributed by atoms with Crippen LogP contribution >= 0.6 is 11.6 Å². The molecule has 0 unspecified atom stereocenters. The van der Waals surface area contributed by atoms with Crippen molar-refractivity contribution in [1.82, 2.24) is 0 Å². The monoisotopic (exact) mass is 297 g/mol. The summed E-state index contributed by atoms with van der Waals surface area (Å²) in [7, 11) is 0. The molecule has 0 spiro atoms. The van der Waals surface area contributed by atoms with Crippen molar-refractivity contribution >= 4 is 34.8 Å². The Balaban J connectivity index is 2.86. The van der Waals surface area contributed by atoms with Gasteiger partial charge in [0, 0.05) is 12.1 Å². The highest BCUT2D eigenvalue weighted by Crippen LogP contribution is 2.26. The number of carbonyl (C=O) groups is 2. The molecule has 1 aromatic carbocycles. The second kappa shape index (κ2) is 7.26. The standard InChI is InChI=1S/C14H20ClN3O2/c1-4-12(19)17-9-5-6-10(15)11(7-9)18-14(20)13(16)8(2)3/h5-8,13H,4,16H2,1-3H3,(H,17,19)(H,18,20)/t13-/m0/s1. The first-order valence-electron chi connectivity index (χ1n) is 6.51. The van der Waals surface area contributed by atoms with Gasteiger partial charge in [-0.1, -0.05) is 32.4 Å². The zero-order valence-electron chi connectivity index (χ0n) is 11.9. The molecule has 0 aliphatic heterocycles. The van der Waals surface area contributed by atoms with Crippen LogP contribution in [0, 0.1) is 5.92 Å². The molecule has 4 N–H and O–H groups in total. The molecule has 20 heavy (non-hydrogen) atoms. The molecule has 5 nitrogen and oxygen atoms in total. The summed E-state index contributed by atoms with van der Waals surface area (Å²) in [6, 6.07) is 4.29. The van der Waals surface area contributed by atoms with Gasteiger partial charge < -0.3 is 16.4 Å². The molecular weight excluding hydrogens is 278 g/mol. The molecule has 0 radical (unpaired) electrons. The van der Waals surface area contributed by atoms with Crippen LogP contribution in [0.1, 0.15) is 27.2 Å². The summed E-state index contributed by atoms with van der Waals surface area (Å²) in [5, 5.41) is 5.77. The van der Waals surface area contributed by atoms with Crippen LogP contribution in [0.4, 0.5) is 11.4 Å². The molecule has 1 aromatic rings. The SMILES string of the molecule is CCC(=O)Nc1ccc(Cl)c(NC(=O)[C@@H](N)C(C)C)c1. The number of nitrogens with two attached hydrogens (primary N) is 1. The third-order valence-electron chi connectivity index (χ3n) is 2.85. The number of carbonyl (C=O) groups excluding carboxylic acids is 2. The lowest BCUT2D eigenvalue weighted by Gasteiger charge is -2.16. The number of hydrogen-bond donors (Lipinski definition) is 3. The smallest absolute Gasteiger partial charge is 0.241 e. The number of anilines is 2. The Labute approximate surface area is 123 Å². The first kappa shape index (κ1) is 16.5. The van der Waals surface area contributed by atoms with Gasteiger partial charge in [-0.15, -0.1) is 0 Å². The van der Waals surface area contributed by atoms with Crippen molar-refractivity contribution in [3.63, 3.8) is 0 Å². The third-order valence-corrected chi connectivity index (χ3v) is 3.18. The fourth-order valence-corrected chi connectivity index (χ4v) is 1.63. The molecule has 0 fully saturated rings. The maximum atomic E-state index is 11.9. The summed E-state index contributed by atoms with van der Waals surface area (Å²) >= 11 is 6.03. The molecule has 1 rings (SSSR count). The second-order valence-electron chi connectivity index (χ2n) is 4.86. The Morgan fingerprint density at radius 2 is 1.95 bits per heavy atom. The van der Waals surface area contributed by atoms with Gasteiger partial charge in [-0.3, -0.25) is 9.59 Å². The van der Waals surface area contributed by atoms with Crippen molar-refractivity contribution in [3.8, 4) is 0 Å². The van der Waals surface area contributed by atoms with Crippen molar-refractivity contribution in [2.75, 3.05) is 10.6 Å². The summed E-state index contributed by atoms with van der Waals surface area (Å²) < 4.78 is 0. The van der Waals surface area contributed by atoms with E-state index in [9.17, 15) is 9.59 Å². The minimum atomic E-state index is -0.611. The van der Waals surface area contributed by atoms with Crippen LogP contribution in [0.3, 0.4) is 0 Å². The van der Waals surface area contributed by atoms with E-state index in [0.29, 0.717) is 22.8 Å². The van der Waals surface area contributed by atoms with Gasteiger partial charge in [-0.2, -0.15) is 0 Å². The molecule has 110 valence electrons. The number of halogens is 1. The van der Waals surface area contributed by atoms with Gasteiger partial charge in [0.05, 0.1) is 16.8 Å². The fourth-order valence-electron chi connectivity index (χ4n) is 1.47. The average Bonchev–Trinajstić information content (AvgIpc) is 2.41. The minimum Gasteiger partial charge on any atom is -0.326 e. The molecule has 1 atom stereocenters. The van der Waals surface area contributed by atoms with E-state index in [1.165, 1.54) is 0 Å². The van der Waals surface area contributed by atoms with E-state index in [-0.39, 0.29) is 17.7 Å². The number of amides is 2. The van der Waals surface area contributed by atoms with Crippen molar-refractivity contribution in [2.45, 2.75) is 33.2 Å². The normalized spacial score (nSPS) is 12.1. The van der Waals surface area contributed by atoms with Gasteiger partial charge >= 0.3 is 0 Å². The molecule has 0 bridgehead atoms. The van der Waals surface area contributed by atoms with Crippen LogP contribution in [-0.4, -0.2) is 17.9 Å². The molecule has 0 aliphatic carbocycles. The number of nitrogens with one attached hydrogen (secondary N) is 2. The first-order valence-corrected chi connectivity index (χ1v) is 6.88. The van der Waals surface area contributed by atoms with Crippen LogP contribution in [-0.2, 0) is 9.59 Å². The summed E-state index contributed by atoms with van der Waals surface area (Å²) in [6.07, 6.45) is 0.378. The summed E-state index contributed by atoms with van der Waals surface area (Å²) in [4.78, 5) is 23.3. The number of hydrogen-bond acceptors (Lipinski definition) is 3. The zero-order valence-corrected chi connectivity index (χ0v) is 12.6. The number of rotatable bonds is 5. The Hall–Kier alpha value is -1.59. The van der Waals surface area contributed by atoms with Crippen molar-refractivity contribution in [3.05, 3.63) is 23.2 Å². The zero-order chi connectivity index (χ0) is 15.3. The molecule has 0 aliphatic rings. The Morgan fingerprint density at radius 3 is 2.50 bits per heavy atom. The quantitative estimate of drug-likeness (QED) is 0.781. The lowest BCUT2D eigenvalue weighted by molar-refractivity contribution is -0.118. The molecular formula is C14H20ClN3O2. The predicted octanol–water partition coefficient (Wildman–Crippen LogP) is 2.61. The molecule has 2 amide bonds. The van der Waals surface area contributed by atoms with Crippen LogP contribution in [0.15, 0.2) is 18.2 Å². The molecule has 0 heterocycles. The highest BCUT2D eigenvalue weighted by Gasteiger charge is 2.18. The third kappa shape index (κ3) is 4.51. The lowest BCUT2D eigenvalue weighted by atomic mass is 10.0. The second-order valence-corrected chi connectivity index (χ2v) is 5.26. The predicted molar refractivity (Wildman–Crippen MR) is 81.8 cm³/mol. The van der Waals surface area contributed by atoms with Gasteiger partial charge in [-0.25, -0.2) is 0 Å². The fraction of sp³-hybridized carbons (Fsp3) is 0.429. The molecule has 0 saturated heterocycles. The van der Waals surface area contributed by atoms with E-state index >= 15 is 0 Å². The van der Waals surface area contributed by atoms with Crippen LogP contribution in [0.5, 0.6) is 0 Å². The van der Waals surface area contributed by atoms with E-state index in [4.69, 9.17) is 17.3 Å². The van der Waals surface area contributed by atoms with Crippen molar-refractivity contribution in [1.29, 1.82) is 0 Å². The molecule has 0 aromatic heterocycles. The summed E-state index contributed by atoms with van der Waals surface area (Å²) in [6.45, 7) is 5.49. The topological polar surface area (TPSA) is 84.2 Å². The van der Waals surface area contributed by atoms with Gasteiger partial charge in [0.25, 0.3) is 0 Å². The van der Waals surface area contributed by atoms with Gasteiger partial charge in [0.15, 0.2) is 0 Å². The van der Waals surface area contributed by atoms with Crippen LogP contribution in [0.25, 0.3) is 0 Å². The van der Waals surface area contributed by atoms with E-state index in [0.717, 1.165) is 0 Å². The van der Waals surface area contributed by atoms with Gasteiger partial charge in [-0.05, 0) is 24.1 Å². The average molecular weight is 298 g/mol. The first-order chi connectivity index (χ1) is 9.35. The van der Waals surface area contributed by atoms with E-state index in [1.807, 2.05) is 13.8 Å². The summed E-state index contributed by atoms with van der Waals surface area (Å²) in [5.74, 6) is -0.388. The van der Waals surface area contributed by atoms with Crippen LogP contribution in [0.2, 0.25) is 5.02 Å². The van der Waals surface area contributed by atoms with Gasteiger partial charge in [0.1, 0.15) is 0 Å². The Bertz CT molecular complexity index is 503. The van der Waals surface area contributed by atoms with E-state index < -0.39 is 6.04 Å². The molecule has 6 heteroatoms. The highest BCUT2D eigenvalue weighted by atomic mass is 35.5. The Kier molecular flexibility index (Phi) is 5.98. The lowest BCUT2D eigenvalue weighted by Crippen LogP contribution is -2.39. The van der Waals surface area contributed by atoms with Gasteiger partial charge in [0.2, 0.25) is 11.8 Å². The minimum absolute atomic E-state index is 0.0248. The molecule has 0 saturated carbocycles. The maximum absolute atomic E-state index is 11.9. The van der Waals surface area contributed by atoms with Crippen molar-refractivity contribution in [2.24, 2.45) is 11.7 Å². The van der Waals surface area contributed by atoms with Crippen molar-refractivity contribution < 1.29 is 9.59 Å². The van der Waals surface area contributed by atoms with E-state index in [1.54, 1.807) is 25.1 Å². The largest absolute Gasteiger partial charge is 0.326 e. The van der Waals surface area contributed by atoms with Crippen LogP contribution < -0.4 is 16.4 Å². The van der Waals surface area contributed by atoms with E-state index in [2.05, 4.69) is 10.6 Å². The Morgan fingerprint density at radius 1 is 1.30 bits per heavy atom. The number of benzene rings is 1. The summed E-state index contributed by atoms with van der Waals surface area (Å²) in [5.41, 5.74) is 6.78. The maximum Gasteiger partial charge on any atom is 0.241 e. The highest BCUT2D eigenvalue weighted by molar-refractivity contribution is 6.34.